The summed E-state index contributed by atoms with van der Waals surface area (Å²) >= 11 is 5.73. The summed E-state index contributed by atoms with van der Waals surface area (Å²) in [6.07, 6.45) is -4.86. The van der Waals surface area contributed by atoms with Crippen LogP contribution in [0.2, 0.25) is 5.02 Å². The fraction of sp³-hybridized carbons (Fsp3) is 0.462. The number of aliphatic hydroxyl groups is 1. The zero-order valence-corrected chi connectivity index (χ0v) is 11.4. The molecule has 0 bridgehead atoms. The van der Waals surface area contributed by atoms with E-state index < -0.39 is 17.2 Å². The summed E-state index contributed by atoms with van der Waals surface area (Å²) in [5.41, 5.74) is -4.85. The molecule has 6 heteroatoms. The molecule has 0 fully saturated rings. The van der Waals surface area contributed by atoms with E-state index in [4.69, 9.17) is 16.9 Å². The third-order valence-electron chi connectivity index (χ3n) is 3.00. The molecule has 0 aliphatic rings. The summed E-state index contributed by atoms with van der Waals surface area (Å²) in [7, 11) is 0. The second-order valence-electron chi connectivity index (χ2n) is 5.26. The molecule has 0 aliphatic heterocycles. The molecular formula is C13H13ClF3NO. The van der Waals surface area contributed by atoms with Crippen LogP contribution in [0, 0.1) is 16.7 Å². The Morgan fingerprint density at radius 2 is 1.74 bits per heavy atom. The van der Waals surface area contributed by atoms with Crippen LogP contribution < -0.4 is 0 Å². The molecule has 1 atom stereocenters. The van der Waals surface area contributed by atoms with Crippen molar-refractivity contribution in [3.63, 3.8) is 0 Å². The lowest BCUT2D eigenvalue weighted by Crippen LogP contribution is -2.52. The number of hydrogen-bond acceptors (Lipinski definition) is 2. The molecule has 1 aromatic carbocycles. The molecule has 0 saturated carbocycles. The van der Waals surface area contributed by atoms with E-state index in [9.17, 15) is 18.3 Å². The van der Waals surface area contributed by atoms with Gasteiger partial charge in [0.05, 0.1) is 10.6 Å². The van der Waals surface area contributed by atoms with Gasteiger partial charge in [-0.3, -0.25) is 0 Å². The van der Waals surface area contributed by atoms with E-state index >= 15 is 0 Å². The lowest BCUT2D eigenvalue weighted by atomic mass is 9.71. The second-order valence-corrected chi connectivity index (χ2v) is 5.67. The van der Waals surface area contributed by atoms with Crippen molar-refractivity contribution in [2.75, 3.05) is 0 Å². The van der Waals surface area contributed by atoms with E-state index in [0.29, 0.717) is 0 Å². The highest BCUT2D eigenvalue weighted by atomic mass is 35.5. The van der Waals surface area contributed by atoms with Crippen LogP contribution >= 0.6 is 11.6 Å². The van der Waals surface area contributed by atoms with Gasteiger partial charge in [0.15, 0.2) is 5.60 Å². The second kappa shape index (κ2) is 4.69. The van der Waals surface area contributed by atoms with Gasteiger partial charge in [0, 0.05) is 5.41 Å². The monoisotopic (exact) mass is 291 g/mol. The van der Waals surface area contributed by atoms with Gasteiger partial charge < -0.3 is 5.11 Å². The Bertz CT molecular complexity index is 512. The molecule has 1 unspecified atom stereocenters. The standard InChI is InChI=1S/C13H13ClF3NO/c1-11(2,3)12(19,13(15,16)17)9-5-4-8(7-18)10(14)6-9/h4-6,19H,1-3H3. The van der Waals surface area contributed by atoms with Crippen LogP contribution in [0.5, 0.6) is 0 Å². The van der Waals surface area contributed by atoms with E-state index in [2.05, 4.69) is 0 Å². The first-order chi connectivity index (χ1) is 8.45. The van der Waals surface area contributed by atoms with Crippen molar-refractivity contribution < 1.29 is 18.3 Å². The molecule has 0 heterocycles. The first kappa shape index (κ1) is 15.8. The van der Waals surface area contributed by atoms with Crippen LogP contribution in [0.25, 0.3) is 0 Å². The quantitative estimate of drug-likeness (QED) is 0.849. The minimum atomic E-state index is -4.86. The topological polar surface area (TPSA) is 44.0 Å². The van der Waals surface area contributed by atoms with Crippen LogP contribution in [0.1, 0.15) is 31.9 Å². The third-order valence-corrected chi connectivity index (χ3v) is 3.32. The molecule has 0 saturated heterocycles. The highest BCUT2D eigenvalue weighted by molar-refractivity contribution is 6.31. The molecule has 104 valence electrons. The van der Waals surface area contributed by atoms with Crippen molar-refractivity contribution in [1.29, 1.82) is 5.26 Å². The zero-order chi connectivity index (χ0) is 15.1. The first-order valence-corrected chi connectivity index (χ1v) is 5.82. The molecule has 0 spiro atoms. The summed E-state index contributed by atoms with van der Waals surface area (Å²) in [6.45, 7) is 3.85. The van der Waals surface area contributed by atoms with Crippen LogP contribution in [0.3, 0.4) is 0 Å². The summed E-state index contributed by atoms with van der Waals surface area (Å²) in [5, 5.41) is 18.8. The Kier molecular flexibility index (Phi) is 3.91. The van der Waals surface area contributed by atoms with Crippen molar-refractivity contribution in [3.8, 4) is 6.07 Å². The average Bonchev–Trinajstić information content (AvgIpc) is 2.24. The number of benzene rings is 1. The van der Waals surface area contributed by atoms with Gasteiger partial charge in [-0.15, -0.1) is 0 Å². The number of rotatable bonds is 1. The van der Waals surface area contributed by atoms with Crippen LogP contribution in [-0.4, -0.2) is 11.3 Å². The van der Waals surface area contributed by atoms with Gasteiger partial charge in [-0.05, 0) is 17.7 Å². The summed E-state index contributed by atoms with van der Waals surface area (Å²) < 4.78 is 39.7. The minimum absolute atomic E-state index is 0.0591. The van der Waals surface area contributed by atoms with Gasteiger partial charge in [-0.1, -0.05) is 38.4 Å². The molecule has 0 aliphatic carbocycles. The Morgan fingerprint density at radius 1 is 1.21 bits per heavy atom. The molecule has 1 rings (SSSR count). The van der Waals surface area contributed by atoms with E-state index in [0.717, 1.165) is 12.1 Å². The third kappa shape index (κ3) is 2.56. The van der Waals surface area contributed by atoms with Crippen molar-refractivity contribution in [3.05, 3.63) is 34.3 Å². The highest BCUT2D eigenvalue weighted by Crippen LogP contribution is 2.50. The van der Waals surface area contributed by atoms with Crippen LogP contribution in [-0.2, 0) is 5.60 Å². The maximum atomic E-state index is 13.2. The molecule has 1 N–H and O–H groups in total. The van der Waals surface area contributed by atoms with Gasteiger partial charge in [-0.25, -0.2) is 0 Å². The lowest BCUT2D eigenvalue weighted by Gasteiger charge is -2.41. The fourth-order valence-electron chi connectivity index (χ4n) is 1.85. The minimum Gasteiger partial charge on any atom is -0.376 e. The Morgan fingerprint density at radius 3 is 2.05 bits per heavy atom. The molecule has 0 amide bonds. The molecule has 2 nitrogen and oxygen atoms in total. The van der Waals surface area contributed by atoms with Gasteiger partial charge >= 0.3 is 6.18 Å². The molecule has 0 aromatic heterocycles. The molecule has 19 heavy (non-hydrogen) atoms. The number of hydrogen-bond donors (Lipinski definition) is 1. The largest absolute Gasteiger partial charge is 0.421 e. The van der Waals surface area contributed by atoms with Gasteiger partial charge in [0.2, 0.25) is 0 Å². The van der Waals surface area contributed by atoms with Crippen molar-refractivity contribution in [1.82, 2.24) is 0 Å². The number of nitrogens with zero attached hydrogens (tertiary/aromatic N) is 1. The smallest absolute Gasteiger partial charge is 0.376 e. The number of halogens is 4. The van der Waals surface area contributed by atoms with Crippen molar-refractivity contribution in [2.24, 2.45) is 5.41 Å². The van der Waals surface area contributed by atoms with Gasteiger partial charge in [0.25, 0.3) is 0 Å². The van der Waals surface area contributed by atoms with E-state index in [1.54, 1.807) is 6.07 Å². The summed E-state index contributed by atoms with van der Waals surface area (Å²) in [6, 6.07) is 4.98. The molecule has 1 aromatic rings. The molecular weight excluding hydrogens is 279 g/mol. The number of nitriles is 1. The summed E-state index contributed by atoms with van der Waals surface area (Å²) in [5.74, 6) is 0. The SMILES string of the molecule is CC(C)(C)C(O)(c1ccc(C#N)c(Cl)c1)C(F)(F)F. The highest BCUT2D eigenvalue weighted by Gasteiger charge is 2.61. The van der Waals surface area contributed by atoms with Crippen molar-refractivity contribution in [2.45, 2.75) is 32.5 Å². The zero-order valence-electron chi connectivity index (χ0n) is 10.6. The maximum Gasteiger partial charge on any atom is 0.421 e. The van der Waals surface area contributed by atoms with Crippen molar-refractivity contribution >= 4 is 11.6 Å². The normalized spacial score (nSPS) is 15.7. The Labute approximate surface area is 114 Å². The predicted octanol–water partition coefficient (Wildman–Crippen LogP) is 4.01. The van der Waals surface area contributed by atoms with Crippen LogP contribution in [0.4, 0.5) is 13.2 Å². The summed E-state index contributed by atoms with van der Waals surface area (Å²) in [4.78, 5) is 0. The maximum absolute atomic E-state index is 13.2. The van der Waals surface area contributed by atoms with Gasteiger partial charge in [-0.2, -0.15) is 18.4 Å². The molecule has 0 radical (unpaired) electrons. The lowest BCUT2D eigenvalue weighted by molar-refractivity contribution is -0.302. The predicted molar refractivity (Wildman–Crippen MR) is 65.6 cm³/mol. The Hall–Kier alpha value is -1.25. The van der Waals surface area contributed by atoms with E-state index in [1.165, 1.54) is 26.8 Å². The fourth-order valence-corrected chi connectivity index (χ4v) is 2.08. The average molecular weight is 292 g/mol. The van der Waals surface area contributed by atoms with Gasteiger partial charge in [0.1, 0.15) is 6.07 Å². The number of alkyl halides is 3. The first-order valence-electron chi connectivity index (χ1n) is 5.44. The Balaban J connectivity index is 3.54. The van der Waals surface area contributed by atoms with E-state index in [-0.39, 0.29) is 16.1 Å². The van der Waals surface area contributed by atoms with Crippen LogP contribution in [0.15, 0.2) is 18.2 Å². The van der Waals surface area contributed by atoms with E-state index in [1.807, 2.05) is 0 Å².